The van der Waals surface area contributed by atoms with Gasteiger partial charge in [-0.1, -0.05) is 0 Å². The number of aliphatic hydroxyl groups excluding tert-OH is 3. The third-order valence-electron chi connectivity index (χ3n) is 4.84. The van der Waals surface area contributed by atoms with Crippen molar-refractivity contribution in [3.05, 3.63) is 40.6 Å². The van der Waals surface area contributed by atoms with Crippen molar-refractivity contribution in [2.24, 2.45) is 0 Å². The van der Waals surface area contributed by atoms with E-state index in [1.54, 1.807) is 0 Å². The number of ether oxygens (including phenoxy) is 2. The molecule has 0 radical (unpaired) electrons. The monoisotopic (exact) mass is 434 g/mol. The Hall–Kier alpha value is -3.51. The van der Waals surface area contributed by atoms with E-state index in [-0.39, 0.29) is 28.0 Å². The van der Waals surface area contributed by atoms with Crippen molar-refractivity contribution in [1.82, 2.24) is 0 Å². The van der Waals surface area contributed by atoms with E-state index in [0.717, 1.165) is 24.3 Å². The number of hydrogen-bond acceptors (Lipinski definition) is 11. The van der Waals surface area contributed by atoms with Crippen LogP contribution in [0.3, 0.4) is 0 Å². The van der Waals surface area contributed by atoms with E-state index in [0.29, 0.717) is 0 Å². The Morgan fingerprint density at radius 3 is 2.35 bits per heavy atom. The van der Waals surface area contributed by atoms with Crippen LogP contribution in [-0.2, 0) is 4.74 Å². The van der Waals surface area contributed by atoms with E-state index in [9.17, 15) is 40.5 Å². The summed E-state index contributed by atoms with van der Waals surface area (Å²) in [6.45, 7) is -0.393. The van der Waals surface area contributed by atoms with Crippen LogP contribution in [0.25, 0.3) is 22.3 Å². The zero-order chi connectivity index (χ0) is 22.4. The van der Waals surface area contributed by atoms with Crippen LogP contribution in [0, 0.1) is 0 Å². The molecule has 4 atom stereocenters. The standard InChI is InChI=1S/C20H18O11/c21-8-4-11(24)14-13(5-8)30-18(7-1-2-9(22)10(23)3-7)19(16(14)27)31-20-17(28)15(26)12(25)6-29-20/h1-5,12,15,17,20-26,28H,6H2/t12-,15?,17?,20-/m1/s1. The minimum absolute atomic E-state index is 0.0676. The SMILES string of the molecule is O=c1c(O[C@H]2OC[C@@H](O)C(O)C2O)c(-c2ccc(O)c(O)c2)oc2cc(O)cc(O)c12. The van der Waals surface area contributed by atoms with Gasteiger partial charge in [-0.2, -0.15) is 0 Å². The number of phenolic OH excluding ortho intramolecular Hbond substituents is 4. The molecule has 31 heavy (non-hydrogen) atoms. The fourth-order valence-corrected chi connectivity index (χ4v) is 3.23. The van der Waals surface area contributed by atoms with E-state index < -0.39 is 59.6 Å². The van der Waals surface area contributed by atoms with Crippen molar-refractivity contribution in [2.75, 3.05) is 6.61 Å². The molecule has 2 aromatic carbocycles. The highest BCUT2D eigenvalue weighted by atomic mass is 16.7. The Morgan fingerprint density at radius 1 is 0.903 bits per heavy atom. The summed E-state index contributed by atoms with van der Waals surface area (Å²) < 4.78 is 16.3. The highest BCUT2D eigenvalue weighted by molar-refractivity contribution is 5.88. The van der Waals surface area contributed by atoms with Gasteiger partial charge in [0.2, 0.25) is 17.5 Å². The quantitative estimate of drug-likeness (QED) is 0.277. The van der Waals surface area contributed by atoms with Crippen LogP contribution >= 0.6 is 0 Å². The molecule has 0 amide bonds. The van der Waals surface area contributed by atoms with Crippen molar-refractivity contribution in [1.29, 1.82) is 0 Å². The average Bonchev–Trinajstić information content (AvgIpc) is 2.71. The van der Waals surface area contributed by atoms with Crippen LogP contribution in [0.2, 0.25) is 0 Å². The maximum atomic E-state index is 13.1. The average molecular weight is 434 g/mol. The lowest BCUT2D eigenvalue weighted by Gasteiger charge is -2.34. The minimum Gasteiger partial charge on any atom is -0.508 e. The lowest BCUT2D eigenvalue weighted by molar-refractivity contribution is -0.242. The Morgan fingerprint density at radius 2 is 1.65 bits per heavy atom. The predicted molar refractivity (Wildman–Crippen MR) is 103 cm³/mol. The van der Waals surface area contributed by atoms with Gasteiger partial charge in [-0.15, -0.1) is 0 Å². The molecule has 1 aliphatic heterocycles. The Bertz CT molecular complexity index is 1200. The second-order valence-electron chi connectivity index (χ2n) is 7.00. The van der Waals surface area contributed by atoms with Gasteiger partial charge in [0.25, 0.3) is 0 Å². The summed E-state index contributed by atoms with van der Waals surface area (Å²) in [5.41, 5.74) is -1.05. The van der Waals surface area contributed by atoms with Gasteiger partial charge in [0.05, 0.1) is 6.61 Å². The topological polar surface area (TPSA) is 190 Å². The zero-order valence-electron chi connectivity index (χ0n) is 15.7. The van der Waals surface area contributed by atoms with Crippen molar-refractivity contribution < 1.29 is 49.6 Å². The molecule has 1 fully saturated rings. The normalized spacial score (nSPS) is 23.7. The van der Waals surface area contributed by atoms with Gasteiger partial charge in [0.1, 0.15) is 40.8 Å². The van der Waals surface area contributed by atoms with Crippen molar-refractivity contribution >= 4 is 11.0 Å². The van der Waals surface area contributed by atoms with Crippen LogP contribution in [0.1, 0.15) is 0 Å². The molecule has 164 valence electrons. The zero-order valence-corrected chi connectivity index (χ0v) is 15.7. The van der Waals surface area contributed by atoms with E-state index in [2.05, 4.69) is 0 Å². The van der Waals surface area contributed by atoms with Gasteiger partial charge in [-0.25, -0.2) is 0 Å². The molecule has 1 aliphatic rings. The molecule has 2 heterocycles. The first kappa shape index (κ1) is 20.8. The molecule has 0 aliphatic carbocycles. The van der Waals surface area contributed by atoms with Gasteiger partial charge < -0.3 is 49.6 Å². The fourth-order valence-electron chi connectivity index (χ4n) is 3.23. The first-order valence-electron chi connectivity index (χ1n) is 9.05. The van der Waals surface area contributed by atoms with Crippen LogP contribution in [0.15, 0.2) is 39.5 Å². The van der Waals surface area contributed by atoms with Crippen LogP contribution in [-0.4, -0.2) is 67.0 Å². The molecule has 4 rings (SSSR count). The van der Waals surface area contributed by atoms with Gasteiger partial charge >= 0.3 is 0 Å². The summed E-state index contributed by atoms with van der Waals surface area (Å²) in [7, 11) is 0. The number of hydrogen-bond donors (Lipinski definition) is 7. The molecule has 11 heteroatoms. The largest absolute Gasteiger partial charge is 0.508 e. The fraction of sp³-hybridized carbons (Fsp3) is 0.250. The van der Waals surface area contributed by atoms with E-state index in [4.69, 9.17) is 13.9 Å². The van der Waals surface area contributed by atoms with Crippen LogP contribution in [0.5, 0.6) is 28.7 Å². The molecule has 0 saturated carbocycles. The van der Waals surface area contributed by atoms with E-state index >= 15 is 0 Å². The summed E-state index contributed by atoms with van der Waals surface area (Å²) in [5.74, 6) is -2.79. The van der Waals surface area contributed by atoms with Crippen LogP contribution < -0.4 is 10.2 Å². The third-order valence-corrected chi connectivity index (χ3v) is 4.84. The van der Waals surface area contributed by atoms with Gasteiger partial charge in [-0.3, -0.25) is 4.79 Å². The summed E-state index contributed by atoms with van der Waals surface area (Å²) in [6.07, 6.45) is -6.29. The van der Waals surface area contributed by atoms with Gasteiger partial charge in [0, 0.05) is 17.7 Å². The lowest BCUT2D eigenvalue weighted by Crippen LogP contribution is -2.55. The molecule has 0 spiro atoms. The predicted octanol–water partition coefficient (Wildman–Crippen LogP) is 0.100. The number of aliphatic hydroxyl groups is 3. The summed E-state index contributed by atoms with van der Waals surface area (Å²) in [5, 5.41) is 68.6. The first-order valence-corrected chi connectivity index (χ1v) is 9.05. The van der Waals surface area contributed by atoms with E-state index in [1.165, 1.54) is 6.07 Å². The molecule has 1 saturated heterocycles. The van der Waals surface area contributed by atoms with Crippen molar-refractivity contribution in [3.63, 3.8) is 0 Å². The Kier molecular flexibility index (Phi) is 5.11. The smallest absolute Gasteiger partial charge is 0.239 e. The lowest BCUT2D eigenvalue weighted by atomic mass is 10.1. The highest BCUT2D eigenvalue weighted by Gasteiger charge is 2.40. The second kappa shape index (κ2) is 7.63. The number of phenols is 4. The molecule has 3 aromatic rings. The van der Waals surface area contributed by atoms with Gasteiger partial charge in [0.15, 0.2) is 17.3 Å². The number of aromatic hydroxyl groups is 4. The van der Waals surface area contributed by atoms with Crippen molar-refractivity contribution in [2.45, 2.75) is 24.6 Å². The maximum Gasteiger partial charge on any atom is 0.239 e. The third kappa shape index (κ3) is 3.59. The Labute approximate surface area is 173 Å². The maximum absolute atomic E-state index is 13.1. The number of fused-ring (bicyclic) bond motifs is 1. The molecule has 1 aromatic heterocycles. The molecule has 2 unspecified atom stereocenters. The number of benzene rings is 2. The summed E-state index contributed by atoms with van der Waals surface area (Å²) >= 11 is 0. The minimum atomic E-state index is -1.73. The highest BCUT2D eigenvalue weighted by Crippen LogP contribution is 2.39. The van der Waals surface area contributed by atoms with Crippen LogP contribution in [0.4, 0.5) is 0 Å². The molecule has 7 N–H and O–H groups in total. The molecular weight excluding hydrogens is 416 g/mol. The second-order valence-corrected chi connectivity index (χ2v) is 7.00. The van der Waals surface area contributed by atoms with Crippen molar-refractivity contribution in [3.8, 4) is 40.1 Å². The van der Waals surface area contributed by atoms with E-state index in [1.807, 2.05) is 0 Å². The molecule has 11 nitrogen and oxygen atoms in total. The van der Waals surface area contributed by atoms with Gasteiger partial charge in [-0.05, 0) is 18.2 Å². The Balaban J connectivity index is 1.92. The summed E-state index contributed by atoms with van der Waals surface area (Å²) in [6, 6.07) is 5.50. The summed E-state index contributed by atoms with van der Waals surface area (Å²) in [4.78, 5) is 13.1. The molecule has 0 bridgehead atoms. The number of rotatable bonds is 3. The molecular formula is C20H18O11. The first-order chi connectivity index (χ1) is 14.7.